The number of amides is 2. The molecule has 0 aliphatic carbocycles. The van der Waals surface area contributed by atoms with Crippen molar-refractivity contribution in [2.45, 2.75) is 96.4 Å². The van der Waals surface area contributed by atoms with Crippen molar-refractivity contribution in [2.75, 3.05) is 37.8 Å². The standard InChI is InChI=1S/C31H50N7O19P3S/c1-4-5-6-7-18(39)12-19(40)13-22(42)61-11-10-33-21(41)8-9-34-29(45)26(44)31(2,3)15-54-60(51,52)57-59(49,50)53-14-20-25(56-58(46,47)48)24(43)30(55-20)38-17-37-23-27(32)35-16-36-28(23)38/h16-17,20,24-26,30,43-44H,4-15H2,1-3H3,(H,33,41)(H,34,45)(H,49,50)(H,51,52)(H2,32,35,36)(H2,46,47,48). The maximum Gasteiger partial charge on any atom is 0.481 e. The number of phosphoric acid groups is 3. The van der Waals surface area contributed by atoms with Gasteiger partial charge in [-0.15, -0.1) is 0 Å². The zero-order valence-electron chi connectivity index (χ0n) is 33.1. The smallest absolute Gasteiger partial charge is 0.386 e. The van der Waals surface area contributed by atoms with E-state index in [1.807, 2.05) is 6.92 Å². The summed E-state index contributed by atoms with van der Waals surface area (Å²) in [6.07, 6.45) is -5.03. The van der Waals surface area contributed by atoms with Gasteiger partial charge in [-0.25, -0.2) is 28.6 Å². The van der Waals surface area contributed by atoms with E-state index in [0.29, 0.717) is 12.8 Å². The number of carbonyl (C=O) groups excluding carboxylic acids is 5. The molecule has 7 atom stereocenters. The quantitative estimate of drug-likeness (QED) is 0.0327. The number of Topliss-reactive ketones (excluding diaryl/α,β-unsaturated/α-hetero) is 2. The molecule has 26 nitrogen and oxygen atoms in total. The highest BCUT2D eigenvalue weighted by Crippen LogP contribution is 2.61. The van der Waals surface area contributed by atoms with Gasteiger partial charge >= 0.3 is 23.5 Å². The molecule has 2 amide bonds. The summed E-state index contributed by atoms with van der Waals surface area (Å²) < 4.78 is 62.1. The fraction of sp³-hybridized carbons (Fsp3) is 0.677. The first-order valence-corrected chi connectivity index (χ1v) is 23.9. The lowest BCUT2D eigenvalue weighted by Crippen LogP contribution is -2.46. The van der Waals surface area contributed by atoms with Crippen LogP contribution in [-0.2, 0) is 60.3 Å². The first kappa shape index (κ1) is 52.2. The number of nitrogen functional groups attached to an aromatic ring is 1. The normalized spacial score (nSPS) is 20.7. The van der Waals surface area contributed by atoms with Gasteiger partial charge in [-0.05, 0) is 6.42 Å². The average molecular weight is 950 g/mol. The fourth-order valence-electron chi connectivity index (χ4n) is 5.45. The van der Waals surface area contributed by atoms with Crippen LogP contribution >= 0.6 is 35.2 Å². The summed E-state index contributed by atoms with van der Waals surface area (Å²) in [5.74, 6) is -2.14. The Labute approximate surface area is 352 Å². The van der Waals surface area contributed by atoms with Crippen LogP contribution in [0.3, 0.4) is 0 Å². The first-order valence-electron chi connectivity index (χ1n) is 18.4. The second-order valence-electron chi connectivity index (χ2n) is 14.2. The van der Waals surface area contributed by atoms with E-state index in [0.717, 1.165) is 41.8 Å². The Morgan fingerprint density at radius 2 is 1.66 bits per heavy atom. The van der Waals surface area contributed by atoms with E-state index in [1.165, 1.54) is 13.8 Å². The third-order valence-electron chi connectivity index (χ3n) is 8.56. The summed E-state index contributed by atoms with van der Waals surface area (Å²) in [6, 6.07) is 0. The molecule has 1 aliphatic heterocycles. The molecule has 7 unspecified atom stereocenters. The third kappa shape index (κ3) is 17.2. The molecular weight excluding hydrogens is 899 g/mol. The Morgan fingerprint density at radius 3 is 2.33 bits per heavy atom. The van der Waals surface area contributed by atoms with Gasteiger partial charge in [-0.2, -0.15) is 4.31 Å². The number of hydrogen-bond donors (Lipinski definition) is 9. The van der Waals surface area contributed by atoms with Crippen molar-refractivity contribution < 1.29 is 90.1 Å². The van der Waals surface area contributed by atoms with Crippen LogP contribution < -0.4 is 16.4 Å². The van der Waals surface area contributed by atoms with Gasteiger partial charge in [0.25, 0.3) is 0 Å². The van der Waals surface area contributed by atoms with Gasteiger partial charge in [0.2, 0.25) is 11.8 Å². The van der Waals surface area contributed by atoms with Crippen molar-refractivity contribution in [3.05, 3.63) is 12.7 Å². The van der Waals surface area contributed by atoms with Gasteiger partial charge < -0.3 is 50.9 Å². The van der Waals surface area contributed by atoms with Crippen LogP contribution in [-0.4, -0.2) is 134 Å². The first-order chi connectivity index (χ1) is 28.3. The van der Waals surface area contributed by atoms with E-state index in [2.05, 4.69) is 34.4 Å². The zero-order chi connectivity index (χ0) is 45.8. The number of ketones is 2. The molecule has 2 aromatic heterocycles. The van der Waals surface area contributed by atoms with Crippen molar-refractivity contribution in [2.24, 2.45) is 5.41 Å². The van der Waals surface area contributed by atoms with Gasteiger partial charge in [-0.1, -0.05) is 45.4 Å². The molecule has 2 aromatic rings. The number of nitrogens with two attached hydrogens (primary N) is 1. The molecule has 30 heteroatoms. The molecule has 1 aliphatic rings. The summed E-state index contributed by atoms with van der Waals surface area (Å²) in [5, 5.41) is 25.8. The van der Waals surface area contributed by atoms with E-state index in [1.54, 1.807) is 0 Å². The van der Waals surface area contributed by atoms with Crippen LogP contribution in [0, 0.1) is 5.41 Å². The number of thioether (sulfide) groups is 1. The number of aromatic nitrogens is 4. The number of unbranched alkanes of at least 4 members (excludes halogenated alkanes) is 2. The third-order valence-corrected chi connectivity index (χ3v) is 12.5. The molecule has 0 aromatic carbocycles. The van der Waals surface area contributed by atoms with E-state index < -0.39 is 102 Å². The topological polar surface area (TPSA) is 398 Å². The summed E-state index contributed by atoms with van der Waals surface area (Å²) in [6.45, 7) is 2.15. The number of phosphoric ester groups is 3. The number of ether oxygens (including phenoxy) is 1. The van der Waals surface area contributed by atoms with Crippen LogP contribution in [0.15, 0.2) is 12.7 Å². The van der Waals surface area contributed by atoms with Gasteiger partial charge in [0, 0.05) is 37.1 Å². The number of hydrogen-bond acceptors (Lipinski definition) is 20. The monoisotopic (exact) mass is 949 g/mol. The van der Waals surface area contributed by atoms with Crippen molar-refractivity contribution in [3.63, 3.8) is 0 Å². The van der Waals surface area contributed by atoms with Crippen molar-refractivity contribution in [3.8, 4) is 0 Å². The van der Waals surface area contributed by atoms with Crippen molar-refractivity contribution in [1.82, 2.24) is 30.2 Å². The summed E-state index contributed by atoms with van der Waals surface area (Å²) >= 11 is 0.815. The number of aliphatic hydroxyl groups excluding tert-OH is 2. The number of carbonyl (C=O) groups is 5. The molecule has 0 spiro atoms. The number of imidazole rings is 1. The molecule has 1 saturated heterocycles. The zero-order valence-corrected chi connectivity index (χ0v) is 36.6. The molecule has 1 fully saturated rings. The van der Waals surface area contributed by atoms with E-state index in [9.17, 15) is 67.5 Å². The molecule has 10 N–H and O–H groups in total. The molecule has 0 radical (unpaired) electrons. The van der Waals surface area contributed by atoms with Gasteiger partial charge in [0.05, 0.1) is 32.4 Å². The van der Waals surface area contributed by atoms with Gasteiger partial charge in [-0.3, -0.25) is 42.1 Å². The van der Waals surface area contributed by atoms with Crippen molar-refractivity contribution in [1.29, 1.82) is 0 Å². The number of nitrogens with one attached hydrogen (secondary N) is 2. The molecule has 0 saturated carbocycles. The van der Waals surface area contributed by atoms with Crippen LogP contribution in [0.25, 0.3) is 11.2 Å². The number of rotatable bonds is 27. The minimum atomic E-state index is -5.60. The number of nitrogens with zero attached hydrogens (tertiary/aromatic N) is 4. The Kier molecular flexibility index (Phi) is 19.7. The van der Waals surface area contributed by atoms with Crippen LogP contribution in [0.2, 0.25) is 0 Å². The van der Waals surface area contributed by atoms with Crippen molar-refractivity contribution >= 4 is 80.7 Å². The summed E-state index contributed by atoms with van der Waals surface area (Å²) in [5.41, 5.74) is 4.20. The molecular formula is C31H50N7O19P3S. The minimum Gasteiger partial charge on any atom is -0.386 e. The predicted molar refractivity (Wildman–Crippen MR) is 210 cm³/mol. The maximum absolute atomic E-state index is 12.7. The second-order valence-corrected chi connectivity index (χ2v) is 19.6. The lowest BCUT2D eigenvalue weighted by molar-refractivity contribution is -0.137. The minimum absolute atomic E-state index is 0.0188. The summed E-state index contributed by atoms with van der Waals surface area (Å²) in [7, 11) is -16.5. The highest BCUT2D eigenvalue weighted by molar-refractivity contribution is 8.13. The molecule has 61 heavy (non-hydrogen) atoms. The number of anilines is 1. The van der Waals surface area contributed by atoms with E-state index >= 15 is 0 Å². The number of fused-ring (bicyclic) bond motifs is 1. The SMILES string of the molecule is CCCCCC(=O)CC(=O)CC(=O)SCCNC(=O)CCNC(=O)C(O)C(C)(C)COP(=O)(O)OP(=O)(O)OCC1OC(n2cnc3c(N)ncnc32)C(O)C1OP(=O)(O)O. The Bertz CT molecular complexity index is 2020. The lowest BCUT2D eigenvalue weighted by atomic mass is 9.87. The van der Waals surface area contributed by atoms with Crippen LogP contribution in [0.4, 0.5) is 5.82 Å². The molecule has 0 bridgehead atoms. The Hall–Kier alpha value is -3.10. The van der Waals surface area contributed by atoms with Crippen LogP contribution in [0.5, 0.6) is 0 Å². The van der Waals surface area contributed by atoms with E-state index in [-0.39, 0.29) is 54.4 Å². The molecule has 3 heterocycles. The molecule has 3 rings (SSSR count). The maximum atomic E-state index is 12.7. The lowest BCUT2D eigenvalue weighted by Gasteiger charge is -2.30. The van der Waals surface area contributed by atoms with Gasteiger partial charge in [0.1, 0.15) is 47.8 Å². The molecule has 344 valence electrons. The highest BCUT2D eigenvalue weighted by atomic mass is 32.2. The average Bonchev–Trinajstić information content (AvgIpc) is 3.71. The highest BCUT2D eigenvalue weighted by Gasteiger charge is 2.50. The van der Waals surface area contributed by atoms with Crippen LogP contribution in [0.1, 0.15) is 71.9 Å². The Morgan fingerprint density at radius 1 is 0.967 bits per heavy atom. The van der Waals surface area contributed by atoms with E-state index in [4.69, 9.17) is 19.5 Å². The fourth-order valence-corrected chi connectivity index (χ4v) is 8.97. The van der Waals surface area contributed by atoms with Gasteiger partial charge in [0.15, 0.2) is 22.8 Å². The summed E-state index contributed by atoms with van der Waals surface area (Å²) in [4.78, 5) is 112. The predicted octanol–water partition coefficient (Wildman–Crippen LogP) is 0.163. The Balaban J connectivity index is 1.42. The largest absolute Gasteiger partial charge is 0.481 e. The number of aliphatic hydroxyl groups is 2. The second kappa shape index (κ2) is 23.0.